The fourth-order valence-corrected chi connectivity index (χ4v) is 1.98. The second-order valence-electron chi connectivity index (χ2n) is 4.89. The lowest BCUT2D eigenvalue weighted by atomic mass is 10.0. The number of halogens is 2. The number of carbonyl (C=O) groups is 1. The van der Waals surface area contributed by atoms with Gasteiger partial charge in [-0.15, -0.1) is 0 Å². The van der Waals surface area contributed by atoms with Gasteiger partial charge in [0.25, 0.3) is 5.69 Å². The SMILES string of the molecule is COC(=O)C(CC(C)C)Nc1cc(Cl)c(F)cc1[N+](=O)[O-]. The third-order valence-electron chi connectivity index (χ3n) is 2.76. The number of hydrogen-bond acceptors (Lipinski definition) is 5. The lowest BCUT2D eigenvalue weighted by Gasteiger charge is -2.19. The summed E-state index contributed by atoms with van der Waals surface area (Å²) in [7, 11) is 1.23. The zero-order valence-electron chi connectivity index (χ0n) is 11.9. The molecular weight excluding hydrogens is 303 g/mol. The molecule has 0 amide bonds. The fraction of sp³-hybridized carbons (Fsp3) is 0.462. The molecule has 6 nitrogen and oxygen atoms in total. The first-order valence-electron chi connectivity index (χ1n) is 6.24. The van der Waals surface area contributed by atoms with Gasteiger partial charge in [0.15, 0.2) is 0 Å². The normalized spacial score (nSPS) is 12.1. The molecule has 0 aliphatic carbocycles. The number of nitro groups is 1. The zero-order valence-corrected chi connectivity index (χ0v) is 12.6. The van der Waals surface area contributed by atoms with Crippen LogP contribution in [0.2, 0.25) is 5.02 Å². The molecule has 1 unspecified atom stereocenters. The molecule has 0 aromatic heterocycles. The summed E-state index contributed by atoms with van der Waals surface area (Å²) < 4.78 is 18.0. The quantitative estimate of drug-likeness (QED) is 0.494. The summed E-state index contributed by atoms with van der Waals surface area (Å²) in [5, 5.41) is 13.4. The van der Waals surface area contributed by atoms with E-state index in [0.717, 1.165) is 6.07 Å². The van der Waals surface area contributed by atoms with Crippen molar-refractivity contribution in [2.75, 3.05) is 12.4 Å². The minimum Gasteiger partial charge on any atom is -0.467 e. The van der Waals surface area contributed by atoms with E-state index in [1.54, 1.807) is 0 Å². The summed E-state index contributed by atoms with van der Waals surface area (Å²) in [4.78, 5) is 21.9. The number of benzene rings is 1. The maximum Gasteiger partial charge on any atom is 0.328 e. The van der Waals surface area contributed by atoms with Crippen LogP contribution < -0.4 is 5.32 Å². The number of nitrogens with zero attached hydrogens (tertiary/aromatic N) is 1. The molecule has 0 heterocycles. The Hall–Kier alpha value is -1.89. The second-order valence-corrected chi connectivity index (χ2v) is 5.30. The Bertz CT molecular complexity index is 551. The Balaban J connectivity index is 3.15. The molecule has 0 spiro atoms. The zero-order chi connectivity index (χ0) is 16.2. The van der Waals surface area contributed by atoms with Crippen LogP contribution in [0.1, 0.15) is 20.3 Å². The Labute approximate surface area is 126 Å². The molecule has 0 aliphatic rings. The van der Waals surface area contributed by atoms with Gasteiger partial charge in [0.05, 0.1) is 23.1 Å². The number of methoxy groups -OCH3 is 1. The van der Waals surface area contributed by atoms with Gasteiger partial charge in [0, 0.05) is 0 Å². The molecule has 1 N–H and O–H groups in total. The van der Waals surface area contributed by atoms with Crippen molar-refractivity contribution in [1.29, 1.82) is 0 Å². The first-order valence-corrected chi connectivity index (χ1v) is 6.61. The van der Waals surface area contributed by atoms with Crippen LogP contribution in [0.3, 0.4) is 0 Å². The van der Waals surface area contributed by atoms with Crippen LogP contribution in [0.5, 0.6) is 0 Å². The summed E-state index contributed by atoms with van der Waals surface area (Å²) in [5.41, 5.74) is -0.517. The van der Waals surface area contributed by atoms with Gasteiger partial charge in [0.2, 0.25) is 0 Å². The molecule has 0 fully saturated rings. The first-order chi connectivity index (χ1) is 9.76. The van der Waals surface area contributed by atoms with E-state index in [0.29, 0.717) is 12.5 Å². The molecule has 1 rings (SSSR count). The Morgan fingerprint density at radius 3 is 2.62 bits per heavy atom. The molecule has 0 aliphatic heterocycles. The van der Waals surface area contributed by atoms with E-state index < -0.39 is 28.4 Å². The molecule has 0 saturated heterocycles. The maximum atomic E-state index is 13.3. The highest BCUT2D eigenvalue weighted by molar-refractivity contribution is 6.31. The van der Waals surface area contributed by atoms with E-state index >= 15 is 0 Å². The van der Waals surface area contributed by atoms with Crippen LogP contribution in [-0.2, 0) is 9.53 Å². The molecule has 0 bridgehead atoms. The molecule has 0 radical (unpaired) electrons. The van der Waals surface area contributed by atoms with Gasteiger partial charge in [-0.1, -0.05) is 25.4 Å². The highest BCUT2D eigenvalue weighted by Gasteiger charge is 2.25. The molecule has 21 heavy (non-hydrogen) atoms. The van der Waals surface area contributed by atoms with Crippen molar-refractivity contribution < 1.29 is 18.8 Å². The molecular formula is C13H16ClFN2O4. The Morgan fingerprint density at radius 1 is 1.52 bits per heavy atom. The highest BCUT2D eigenvalue weighted by Crippen LogP contribution is 2.31. The van der Waals surface area contributed by atoms with E-state index in [1.165, 1.54) is 7.11 Å². The summed E-state index contributed by atoms with van der Waals surface area (Å²) in [6.45, 7) is 3.79. The highest BCUT2D eigenvalue weighted by atomic mass is 35.5. The van der Waals surface area contributed by atoms with E-state index in [1.807, 2.05) is 13.8 Å². The van der Waals surface area contributed by atoms with Gasteiger partial charge < -0.3 is 10.1 Å². The molecule has 1 aromatic carbocycles. The number of esters is 1. The molecule has 116 valence electrons. The van der Waals surface area contributed by atoms with Gasteiger partial charge in [-0.3, -0.25) is 10.1 Å². The van der Waals surface area contributed by atoms with Crippen LogP contribution >= 0.6 is 11.6 Å². The molecule has 1 aromatic rings. The third kappa shape index (κ3) is 4.56. The number of ether oxygens (including phenoxy) is 1. The van der Waals surface area contributed by atoms with Crippen molar-refractivity contribution in [1.82, 2.24) is 0 Å². The largest absolute Gasteiger partial charge is 0.467 e. The predicted molar refractivity (Wildman–Crippen MR) is 76.9 cm³/mol. The monoisotopic (exact) mass is 318 g/mol. The standard InChI is InChI=1S/C13H16ClFN2O4/c1-7(2)4-11(13(18)21-3)16-10-5-8(14)9(15)6-12(10)17(19)20/h5-7,11,16H,4H2,1-3H3. The Kier molecular flexibility index (Phi) is 5.90. The number of nitro benzene ring substituents is 1. The lowest BCUT2D eigenvalue weighted by Crippen LogP contribution is -2.32. The summed E-state index contributed by atoms with van der Waals surface area (Å²) in [6.07, 6.45) is 0.402. The van der Waals surface area contributed by atoms with Gasteiger partial charge >= 0.3 is 5.97 Å². The van der Waals surface area contributed by atoms with Crippen molar-refractivity contribution in [2.45, 2.75) is 26.3 Å². The Morgan fingerprint density at radius 2 is 2.14 bits per heavy atom. The van der Waals surface area contributed by atoms with Crippen LogP contribution in [0.15, 0.2) is 12.1 Å². The maximum absolute atomic E-state index is 13.3. The summed E-state index contributed by atoms with van der Waals surface area (Å²) in [5.74, 6) is -1.30. The minimum atomic E-state index is -0.896. The minimum absolute atomic E-state index is 0.0255. The third-order valence-corrected chi connectivity index (χ3v) is 3.05. The van der Waals surface area contributed by atoms with Gasteiger partial charge in [-0.05, 0) is 18.4 Å². The van der Waals surface area contributed by atoms with Crippen molar-refractivity contribution >= 4 is 28.9 Å². The average Bonchev–Trinajstić information content (AvgIpc) is 2.40. The van der Waals surface area contributed by atoms with Crippen LogP contribution in [0, 0.1) is 21.8 Å². The van der Waals surface area contributed by atoms with Gasteiger partial charge in [0.1, 0.15) is 17.5 Å². The average molecular weight is 319 g/mol. The van der Waals surface area contributed by atoms with Crippen molar-refractivity contribution in [2.24, 2.45) is 5.92 Å². The van der Waals surface area contributed by atoms with Crippen molar-refractivity contribution in [3.05, 3.63) is 33.1 Å². The van der Waals surface area contributed by atoms with Gasteiger partial charge in [-0.25, -0.2) is 9.18 Å². The van der Waals surface area contributed by atoms with Crippen LogP contribution in [0.25, 0.3) is 0 Å². The smallest absolute Gasteiger partial charge is 0.328 e. The van der Waals surface area contributed by atoms with Crippen molar-refractivity contribution in [3.8, 4) is 0 Å². The number of anilines is 1. The van der Waals surface area contributed by atoms with Gasteiger partial charge in [-0.2, -0.15) is 0 Å². The van der Waals surface area contributed by atoms with Crippen molar-refractivity contribution in [3.63, 3.8) is 0 Å². The summed E-state index contributed by atoms with van der Waals surface area (Å²) >= 11 is 5.64. The van der Waals surface area contributed by atoms with E-state index in [2.05, 4.69) is 10.1 Å². The second kappa shape index (κ2) is 7.21. The predicted octanol–water partition coefficient (Wildman–Crippen LogP) is 3.39. The lowest BCUT2D eigenvalue weighted by molar-refractivity contribution is -0.384. The fourth-order valence-electron chi connectivity index (χ4n) is 1.82. The first kappa shape index (κ1) is 17.2. The molecule has 8 heteroatoms. The van der Waals surface area contributed by atoms with E-state index in [4.69, 9.17) is 11.6 Å². The molecule has 1 atom stereocenters. The van der Waals surface area contributed by atoms with Crippen LogP contribution in [-0.4, -0.2) is 24.0 Å². The topological polar surface area (TPSA) is 81.5 Å². The molecule has 0 saturated carbocycles. The van der Waals surface area contributed by atoms with E-state index in [-0.39, 0.29) is 16.6 Å². The van der Waals surface area contributed by atoms with E-state index in [9.17, 15) is 19.3 Å². The number of carbonyl (C=O) groups excluding carboxylic acids is 1. The number of nitrogens with one attached hydrogen (secondary N) is 1. The van der Waals surface area contributed by atoms with Crippen LogP contribution in [0.4, 0.5) is 15.8 Å². The number of hydrogen-bond donors (Lipinski definition) is 1. The summed E-state index contributed by atoms with van der Waals surface area (Å²) in [6, 6.07) is 1.02. The number of rotatable bonds is 6.